The van der Waals surface area contributed by atoms with E-state index in [1.165, 1.54) is 0 Å². The SMILES string of the molecule is CSc1ccc(C[N+](=O)[O-])cc1. The lowest BCUT2D eigenvalue weighted by molar-refractivity contribution is -0.496. The molecule has 0 aromatic heterocycles. The van der Waals surface area contributed by atoms with Gasteiger partial charge in [0.1, 0.15) is 0 Å². The predicted octanol–water partition coefficient (Wildman–Crippen LogP) is 2.19. The third-order valence-corrected chi connectivity index (χ3v) is 2.21. The molecule has 0 N–H and O–H groups in total. The standard InChI is InChI=1S/C8H9NO2S/c1-12-8-4-2-7(3-5-8)6-9(10)11/h2-5H,6H2,1H3. The fraction of sp³-hybridized carbons (Fsp3) is 0.250. The Morgan fingerprint density at radius 3 is 2.42 bits per heavy atom. The van der Waals surface area contributed by atoms with Gasteiger partial charge in [-0.05, 0) is 18.4 Å². The third-order valence-electron chi connectivity index (χ3n) is 1.47. The Morgan fingerprint density at radius 2 is 2.00 bits per heavy atom. The highest BCUT2D eigenvalue weighted by Crippen LogP contribution is 2.14. The molecule has 0 fully saturated rings. The molecule has 0 atom stereocenters. The van der Waals surface area contributed by atoms with Crippen molar-refractivity contribution in [3.05, 3.63) is 39.9 Å². The molecule has 1 aromatic rings. The second-order valence-electron chi connectivity index (χ2n) is 2.34. The van der Waals surface area contributed by atoms with Crippen molar-refractivity contribution in [3.63, 3.8) is 0 Å². The third kappa shape index (κ3) is 2.54. The summed E-state index contributed by atoms with van der Waals surface area (Å²) in [6, 6.07) is 7.36. The molecular formula is C8H9NO2S. The van der Waals surface area contributed by atoms with E-state index in [9.17, 15) is 10.1 Å². The number of rotatable bonds is 3. The van der Waals surface area contributed by atoms with E-state index < -0.39 is 0 Å². The molecule has 0 aliphatic carbocycles. The van der Waals surface area contributed by atoms with Gasteiger partial charge in [0.05, 0.1) is 0 Å². The van der Waals surface area contributed by atoms with Crippen molar-refractivity contribution >= 4 is 11.8 Å². The molecule has 0 bridgehead atoms. The number of nitro groups is 1. The number of nitrogens with zero attached hydrogens (tertiary/aromatic N) is 1. The predicted molar refractivity (Wildman–Crippen MR) is 48.9 cm³/mol. The maximum absolute atomic E-state index is 10.1. The Bertz CT molecular complexity index is 271. The lowest BCUT2D eigenvalue weighted by Gasteiger charge is -1.96. The molecule has 0 heterocycles. The monoisotopic (exact) mass is 183 g/mol. The van der Waals surface area contributed by atoms with Crippen molar-refractivity contribution < 1.29 is 4.92 Å². The van der Waals surface area contributed by atoms with Crippen LogP contribution < -0.4 is 0 Å². The number of hydrogen-bond acceptors (Lipinski definition) is 3. The van der Waals surface area contributed by atoms with Gasteiger partial charge < -0.3 is 0 Å². The normalized spacial score (nSPS) is 9.75. The van der Waals surface area contributed by atoms with Crippen LogP contribution in [0.3, 0.4) is 0 Å². The second kappa shape index (κ2) is 4.11. The molecule has 1 aromatic carbocycles. The van der Waals surface area contributed by atoms with E-state index in [0.717, 1.165) is 10.5 Å². The molecule has 0 aliphatic rings. The van der Waals surface area contributed by atoms with E-state index in [0.29, 0.717) is 0 Å². The summed E-state index contributed by atoms with van der Waals surface area (Å²) in [4.78, 5) is 10.9. The quantitative estimate of drug-likeness (QED) is 0.410. The molecule has 0 radical (unpaired) electrons. The first-order valence-electron chi connectivity index (χ1n) is 3.47. The van der Waals surface area contributed by atoms with Crippen LogP contribution in [0.15, 0.2) is 29.2 Å². The van der Waals surface area contributed by atoms with E-state index in [1.807, 2.05) is 18.4 Å². The van der Waals surface area contributed by atoms with Crippen LogP contribution in [0, 0.1) is 10.1 Å². The van der Waals surface area contributed by atoms with Crippen molar-refractivity contribution in [1.82, 2.24) is 0 Å². The van der Waals surface area contributed by atoms with Gasteiger partial charge in [0, 0.05) is 15.4 Å². The molecule has 0 unspecified atom stereocenters. The zero-order valence-corrected chi connectivity index (χ0v) is 7.50. The minimum absolute atomic E-state index is 0.0886. The summed E-state index contributed by atoms with van der Waals surface area (Å²) < 4.78 is 0. The number of benzene rings is 1. The van der Waals surface area contributed by atoms with Crippen LogP contribution in [0.25, 0.3) is 0 Å². The van der Waals surface area contributed by atoms with Crippen molar-refractivity contribution in [2.75, 3.05) is 6.26 Å². The van der Waals surface area contributed by atoms with Crippen LogP contribution in [0.1, 0.15) is 5.56 Å². The van der Waals surface area contributed by atoms with Gasteiger partial charge in [-0.15, -0.1) is 11.8 Å². The fourth-order valence-electron chi connectivity index (χ4n) is 0.880. The molecule has 12 heavy (non-hydrogen) atoms. The maximum Gasteiger partial charge on any atom is 0.228 e. The van der Waals surface area contributed by atoms with Crippen LogP contribution in [-0.4, -0.2) is 11.2 Å². The molecule has 4 heteroatoms. The average molecular weight is 183 g/mol. The summed E-state index contributed by atoms with van der Waals surface area (Å²) in [5.41, 5.74) is 0.748. The van der Waals surface area contributed by atoms with Gasteiger partial charge in [-0.1, -0.05) is 12.1 Å². The Labute approximate surface area is 74.9 Å². The lowest BCUT2D eigenvalue weighted by atomic mass is 10.2. The maximum atomic E-state index is 10.1. The first-order valence-corrected chi connectivity index (χ1v) is 4.69. The molecule has 3 nitrogen and oxygen atoms in total. The highest BCUT2D eigenvalue weighted by atomic mass is 32.2. The molecule has 0 aliphatic heterocycles. The van der Waals surface area contributed by atoms with Crippen molar-refractivity contribution in [2.45, 2.75) is 11.4 Å². The Morgan fingerprint density at radius 1 is 1.42 bits per heavy atom. The topological polar surface area (TPSA) is 43.1 Å². The van der Waals surface area contributed by atoms with E-state index in [4.69, 9.17) is 0 Å². The number of thioether (sulfide) groups is 1. The van der Waals surface area contributed by atoms with Crippen LogP contribution >= 0.6 is 11.8 Å². The summed E-state index contributed by atoms with van der Waals surface area (Å²) in [6.45, 7) is -0.0886. The lowest BCUT2D eigenvalue weighted by Crippen LogP contribution is -1.97. The molecule has 0 saturated heterocycles. The van der Waals surface area contributed by atoms with Crippen molar-refractivity contribution in [3.8, 4) is 0 Å². The fourth-order valence-corrected chi connectivity index (χ4v) is 1.29. The van der Waals surface area contributed by atoms with Crippen LogP contribution in [0.5, 0.6) is 0 Å². The highest BCUT2D eigenvalue weighted by molar-refractivity contribution is 7.98. The highest BCUT2D eigenvalue weighted by Gasteiger charge is 1.99. The molecule has 1 rings (SSSR count). The van der Waals surface area contributed by atoms with Crippen molar-refractivity contribution in [2.24, 2.45) is 0 Å². The minimum Gasteiger partial charge on any atom is -0.264 e. The first kappa shape index (κ1) is 9.06. The van der Waals surface area contributed by atoms with Crippen LogP contribution in [0.2, 0.25) is 0 Å². The Hall–Kier alpha value is -1.03. The largest absolute Gasteiger partial charge is 0.264 e. The average Bonchev–Trinajstić information content (AvgIpc) is 2.05. The van der Waals surface area contributed by atoms with E-state index in [2.05, 4.69) is 0 Å². The second-order valence-corrected chi connectivity index (χ2v) is 3.22. The molecule has 0 amide bonds. The van der Waals surface area contributed by atoms with Crippen molar-refractivity contribution in [1.29, 1.82) is 0 Å². The van der Waals surface area contributed by atoms with Gasteiger partial charge in [-0.2, -0.15) is 0 Å². The number of hydrogen-bond donors (Lipinski definition) is 0. The van der Waals surface area contributed by atoms with E-state index >= 15 is 0 Å². The molecular weight excluding hydrogens is 174 g/mol. The summed E-state index contributed by atoms with van der Waals surface area (Å²) in [5, 5.41) is 10.1. The molecule has 64 valence electrons. The summed E-state index contributed by atoms with van der Waals surface area (Å²) in [7, 11) is 0. The summed E-state index contributed by atoms with van der Waals surface area (Å²) >= 11 is 1.63. The Balaban J connectivity index is 2.71. The zero-order valence-electron chi connectivity index (χ0n) is 6.69. The summed E-state index contributed by atoms with van der Waals surface area (Å²) in [5.74, 6) is 0. The first-order chi connectivity index (χ1) is 5.72. The van der Waals surface area contributed by atoms with Gasteiger partial charge in [-0.25, -0.2) is 0 Å². The smallest absolute Gasteiger partial charge is 0.228 e. The van der Waals surface area contributed by atoms with Crippen LogP contribution in [-0.2, 0) is 6.54 Å². The zero-order chi connectivity index (χ0) is 8.97. The van der Waals surface area contributed by atoms with E-state index in [-0.39, 0.29) is 11.5 Å². The van der Waals surface area contributed by atoms with Gasteiger partial charge in [0.15, 0.2) is 0 Å². The molecule has 0 saturated carbocycles. The van der Waals surface area contributed by atoms with Gasteiger partial charge in [0.2, 0.25) is 6.54 Å². The van der Waals surface area contributed by atoms with E-state index in [1.54, 1.807) is 23.9 Å². The van der Waals surface area contributed by atoms with Crippen LogP contribution in [0.4, 0.5) is 0 Å². The Kier molecular flexibility index (Phi) is 3.10. The minimum atomic E-state index is -0.325. The van der Waals surface area contributed by atoms with Gasteiger partial charge in [0.25, 0.3) is 0 Å². The van der Waals surface area contributed by atoms with Gasteiger partial charge in [-0.3, -0.25) is 10.1 Å². The van der Waals surface area contributed by atoms with Gasteiger partial charge >= 0.3 is 0 Å². The molecule has 0 spiro atoms. The summed E-state index contributed by atoms with van der Waals surface area (Å²) in [6.07, 6.45) is 1.97.